The summed E-state index contributed by atoms with van der Waals surface area (Å²) in [5.74, 6) is 0.957. The minimum atomic E-state index is -4.50. The van der Waals surface area contributed by atoms with Crippen molar-refractivity contribution in [3.05, 3.63) is 83.3 Å². The van der Waals surface area contributed by atoms with Gasteiger partial charge >= 0.3 is 6.18 Å². The van der Waals surface area contributed by atoms with Crippen LogP contribution in [0.1, 0.15) is 41.1 Å². The SMILES string of the molecule is COc1ccc(CCN(Cc2ccco2)C(=O)CN(CC(C)C)C(=O)c2ccc(C(F)(F)F)cc2)cc1OC. The summed E-state index contributed by atoms with van der Waals surface area (Å²) in [5, 5.41) is 0. The average molecular weight is 547 g/mol. The first-order valence-electron chi connectivity index (χ1n) is 12.5. The minimum Gasteiger partial charge on any atom is -0.493 e. The summed E-state index contributed by atoms with van der Waals surface area (Å²) in [4.78, 5) is 29.8. The second-order valence-electron chi connectivity index (χ2n) is 9.49. The van der Waals surface area contributed by atoms with Crippen molar-refractivity contribution < 1.29 is 36.7 Å². The number of alkyl halides is 3. The van der Waals surface area contributed by atoms with Crippen molar-refractivity contribution in [3.63, 3.8) is 0 Å². The van der Waals surface area contributed by atoms with E-state index in [0.29, 0.717) is 30.2 Å². The Morgan fingerprint density at radius 1 is 0.949 bits per heavy atom. The van der Waals surface area contributed by atoms with Gasteiger partial charge in [0.05, 0.1) is 32.6 Å². The van der Waals surface area contributed by atoms with E-state index >= 15 is 0 Å². The Balaban J connectivity index is 1.79. The molecule has 3 rings (SSSR count). The maximum absolute atomic E-state index is 13.5. The molecule has 0 unspecified atom stereocenters. The number of rotatable bonds is 12. The van der Waals surface area contributed by atoms with Crippen molar-refractivity contribution in [2.75, 3.05) is 33.9 Å². The Bertz CT molecular complexity index is 1220. The molecule has 1 heterocycles. The fraction of sp³-hybridized carbons (Fsp3) is 0.379. The first-order chi connectivity index (χ1) is 18.5. The molecular formula is C29H33F3N2O5. The summed E-state index contributed by atoms with van der Waals surface area (Å²) in [6.07, 6.45) is -2.48. The third kappa shape index (κ3) is 8.27. The third-order valence-electron chi connectivity index (χ3n) is 6.06. The molecule has 0 bridgehead atoms. The van der Waals surface area contributed by atoms with Crippen molar-refractivity contribution in [1.82, 2.24) is 9.80 Å². The zero-order valence-electron chi connectivity index (χ0n) is 22.5. The van der Waals surface area contributed by atoms with Gasteiger partial charge in [-0.05, 0) is 66.4 Å². The number of benzene rings is 2. The van der Waals surface area contributed by atoms with Crippen molar-refractivity contribution >= 4 is 11.8 Å². The van der Waals surface area contributed by atoms with Crippen LogP contribution in [0.4, 0.5) is 13.2 Å². The highest BCUT2D eigenvalue weighted by molar-refractivity contribution is 5.96. The van der Waals surface area contributed by atoms with Crippen LogP contribution in [0.3, 0.4) is 0 Å². The average Bonchev–Trinajstić information content (AvgIpc) is 3.42. The van der Waals surface area contributed by atoms with Crippen LogP contribution in [-0.2, 0) is 23.9 Å². The molecule has 0 N–H and O–H groups in total. The number of hydrogen-bond donors (Lipinski definition) is 0. The molecular weight excluding hydrogens is 513 g/mol. The molecule has 3 aromatic rings. The lowest BCUT2D eigenvalue weighted by Gasteiger charge is -2.28. The Hall–Kier alpha value is -3.95. The lowest BCUT2D eigenvalue weighted by Crippen LogP contribution is -2.44. The normalized spacial score (nSPS) is 11.4. The first-order valence-corrected chi connectivity index (χ1v) is 12.5. The molecule has 0 radical (unpaired) electrons. The van der Waals surface area contributed by atoms with Crippen LogP contribution in [0.5, 0.6) is 11.5 Å². The Labute approximate surface area is 226 Å². The number of hydrogen-bond acceptors (Lipinski definition) is 5. The van der Waals surface area contributed by atoms with Crippen LogP contribution in [0.15, 0.2) is 65.3 Å². The zero-order chi connectivity index (χ0) is 28.6. The number of halogens is 3. The number of nitrogens with zero attached hydrogens (tertiary/aromatic N) is 2. The molecule has 2 aromatic carbocycles. The van der Waals surface area contributed by atoms with E-state index in [1.165, 1.54) is 11.2 Å². The fourth-order valence-corrected chi connectivity index (χ4v) is 4.09. The van der Waals surface area contributed by atoms with Gasteiger partial charge in [-0.15, -0.1) is 0 Å². The molecule has 7 nitrogen and oxygen atoms in total. The maximum Gasteiger partial charge on any atom is 0.416 e. The van der Waals surface area contributed by atoms with Crippen LogP contribution in [-0.4, -0.2) is 55.5 Å². The number of furan rings is 1. The molecule has 0 aliphatic carbocycles. The summed E-state index contributed by atoms with van der Waals surface area (Å²) >= 11 is 0. The molecule has 0 spiro atoms. The van der Waals surface area contributed by atoms with Gasteiger partial charge in [-0.2, -0.15) is 13.2 Å². The summed E-state index contributed by atoms with van der Waals surface area (Å²) in [7, 11) is 3.10. The molecule has 0 saturated heterocycles. The van der Waals surface area contributed by atoms with Crippen LogP contribution in [0, 0.1) is 5.92 Å². The molecule has 0 aliphatic heterocycles. The summed E-state index contributed by atoms with van der Waals surface area (Å²) in [5.41, 5.74) is 0.162. The predicted molar refractivity (Wildman–Crippen MR) is 140 cm³/mol. The topological polar surface area (TPSA) is 72.2 Å². The van der Waals surface area contributed by atoms with E-state index in [9.17, 15) is 22.8 Å². The summed E-state index contributed by atoms with van der Waals surface area (Å²) in [6, 6.07) is 13.0. The van der Waals surface area contributed by atoms with Gasteiger partial charge in [0.2, 0.25) is 5.91 Å². The largest absolute Gasteiger partial charge is 0.493 e. The molecule has 10 heteroatoms. The van der Waals surface area contributed by atoms with E-state index in [0.717, 1.165) is 29.8 Å². The zero-order valence-corrected chi connectivity index (χ0v) is 22.5. The molecule has 0 atom stereocenters. The van der Waals surface area contributed by atoms with Gasteiger partial charge in [0.15, 0.2) is 11.5 Å². The van der Waals surface area contributed by atoms with Crippen LogP contribution < -0.4 is 9.47 Å². The molecule has 210 valence electrons. The van der Waals surface area contributed by atoms with Crippen LogP contribution >= 0.6 is 0 Å². The Morgan fingerprint density at radius 3 is 2.21 bits per heavy atom. The highest BCUT2D eigenvalue weighted by Gasteiger charge is 2.31. The van der Waals surface area contributed by atoms with E-state index in [2.05, 4.69) is 0 Å². The van der Waals surface area contributed by atoms with E-state index in [-0.39, 0.29) is 37.0 Å². The van der Waals surface area contributed by atoms with Crippen LogP contribution in [0.2, 0.25) is 0 Å². The van der Waals surface area contributed by atoms with E-state index in [1.54, 1.807) is 37.3 Å². The predicted octanol–water partition coefficient (Wildman–Crippen LogP) is 5.69. The monoisotopic (exact) mass is 546 g/mol. The van der Waals surface area contributed by atoms with E-state index in [1.807, 2.05) is 26.0 Å². The quantitative estimate of drug-likeness (QED) is 0.292. The number of methoxy groups -OCH3 is 2. The molecule has 2 amide bonds. The van der Waals surface area contributed by atoms with Crippen molar-refractivity contribution in [2.24, 2.45) is 5.92 Å². The Morgan fingerprint density at radius 2 is 1.64 bits per heavy atom. The molecule has 1 aromatic heterocycles. The smallest absolute Gasteiger partial charge is 0.416 e. The lowest BCUT2D eigenvalue weighted by molar-refractivity contribution is -0.137. The van der Waals surface area contributed by atoms with Gasteiger partial charge < -0.3 is 23.7 Å². The minimum absolute atomic E-state index is 0.0292. The highest BCUT2D eigenvalue weighted by Crippen LogP contribution is 2.30. The first kappa shape index (κ1) is 29.6. The molecule has 39 heavy (non-hydrogen) atoms. The lowest BCUT2D eigenvalue weighted by atomic mass is 10.1. The van der Waals surface area contributed by atoms with E-state index < -0.39 is 17.6 Å². The third-order valence-corrected chi connectivity index (χ3v) is 6.06. The van der Waals surface area contributed by atoms with Gasteiger partial charge in [0, 0.05) is 18.7 Å². The van der Waals surface area contributed by atoms with Crippen molar-refractivity contribution in [2.45, 2.75) is 33.0 Å². The second kappa shape index (κ2) is 13.2. The van der Waals surface area contributed by atoms with E-state index in [4.69, 9.17) is 13.9 Å². The summed E-state index contributed by atoms with van der Waals surface area (Å²) < 4.78 is 55.0. The summed E-state index contributed by atoms with van der Waals surface area (Å²) in [6.45, 7) is 4.35. The fourth-order valence-electron chi connectivity index (χ4n) is 4.09. The number of carbonyl (C=O) groups excluding carboxylic acids is 2. The number of carbonyl (C=O) groups is 2. The van der Waals surface area contributed by atoms with Gasteiger partial charge in [0.1, 0.15) is 12.3 Å². The van der Waals surface area contributed by atoms with Crippen molar-refractivity contribution in [1.29, 1.82) is 0 Å². The molecule has 0 fully saturated rings. The second-order valence-corrected chi connectivity index (χ2v) is 9.49. The molecule has 0 aliphatic rings. The Kier molecular flexibility index (Phi) is 10.0. The molecule has 0 saturated carbocycles. The van der Waals surface area contributed by atoms with Gasteiger partial charge in [-0.3, -0.25) is 9.59 Å². The highest BCUT2D eigenvalue weighted by atomic mass is 19.4. The number of ether oxygens (including phenoxy) is 2. The van der Waals surface area contributed by atoms with Gasteiger partial charge in [-0.25, -0.2) is 0 Å². The standard InChI is InChI=1S/C29H33F3N2O5/c1-20(2)17-34(28(36)22-8-10-23(11-9-22)29(30,31)32)19-27(35)33(18-24-6-5-15-39-24)14-13-21-7-12-25(37-3)26(16-21)38-4/h5-12,15-16,20H,13-14,17-19H2,1-4H3. The number of amides is 2. The van der Waals surface area contributed by atoms with Crippen LogP contribution in [0.25, 0.3) is 0 Å². The van der Waals surface area contributed by atoms with Crippen molar-refractivity contribution in [3.8, 4) is 11.5 Å². The van der Waals surface area contributed by atoms with Gasteiger partial charge in [-0.1, -0.05) is 19.9 Å². The maximum atomic E-state index is 13.5. The van der Waals surface area contributed by atoms with Gasteiger partial charge in [0.25, 0.3) is 5.91 Å².